The van der Waals surface area contributed by atoms with Gasteiger partial charge in [-0.05, 0) is 31.5 Å². The van der Waals surface area contributed by atoms with Crippen LogP contribution in [-0.2, 0) is 6.54 Å². The Balaban J connectivity index is 2.72. The Kier molecular flexibility index (Phi) is 5.27. The van der Waals surface area contributed by atoms with Crippen molar-refractivity contribution in [2.75, 3.05) is 12.3 Å². The van der Waals surface area contributed by atoms with E-state index in [2.05, 4.69) is 24.8 Å². The Labute approximate surface area is 108 Å². The fourth-order valence-corrected chi connectivity index (χ4v) is 1.76. The van der Waals surface area contributed by atoms with E-state index in [9.17, 15) is 0 Å². The monoisotopic (exact) mass is 251 g/mol. The lowest BCUT2D eigenvalue weighted by Gasteiger charge is -2.25. The maximum atomic E-state index is 8.63. The molecule has 92 valence electrons. The predicted molar refractivity (Wildman–Crippen MR) is 71.6 cm³/mol. The van der Waals surface area contributed by atoms with Crippen LogP contribution < -0.4 is 5.73 Å². The van der Waals surface area contributed by atoms with Crippen molar-refractivity contribution in [3.8, 4) is 6.07 Å². The first kappa shape index (κ1) is 13.8. The molecular weight excluding hydrogens is 234 g/mol. The molecule has 0 aliphatic rings. The molecule has 4 heteroatoms. The first-order chi connectivity index (χ1) is 8.04. The van der Waals surface area contributed by atoms with Crippen molar-refractivity contribution in [3.63, 3.8) is 0 Å². The summed E-state index contributed by atoms with van der Waals surface area (Å²) in [6, 6.07) is 8.25. The van der Waals surface area contributed by atoms with Gasteiger partial charge in [-0.15, -0.1) is 0 Å². The highest BCUT2D eigenvalue weighted by molar-refractivity contribution is 6.33. The molecule has 0 aliphatic heterocycles. The van der Waals surface area contributed by atoms with Gasteiger partial charge in [0.15, 0.2) is 0 Å². The molecule has 0 unspecified atom stereocenters. The number of benzene rings is 1. The fourth-order valence-electron chi connectivity index (χ4n) is 1.64. The molecular formula is C13H18ClN3. The molecule has 1 aromatic carbocycles. The minimum Gasteiger partial charge on any atom is -0.398 e. The Hall–Kier alpha value is -1.24. The van der Waals surface area contributed by atoms with Crippen molar-refractivity contribution in [2.24, 2.45) is 0 Å². The summed E-state index contributed by atoms with van der Waals surface area (Å²) in [5.74, 6) is 0. The number of anilines is 1. The second kappa shape index (κ2) is 6.48. The summed E-state index contributed by atoms with van der Waals surface area (Å²) in [6.07, 6.45) is 0.543. The Bertz CT molecular complexity index is 410. The standard InChI is InChI=1S/C13H18ClN3/c1-10(2)17(7-3-6-15)9-11-4-5-12(14)13(16)8-11/h4-5,8,10H,3,7,9,16H2,1-2H3. The molecule has 1 rings (SSSR count). The molecule has 0 amide bonds. The van der Waals surface area contributed by atoms with Crippen molar-refractivity contribution in [1.29, 1.82) is 5.26 Å². The van der Waals surface area contributed by atoms with Crippen LogP contribution in [0.4, 0.5) is 5.69 Å². The molecule has 0 bridgehead atoms. The van der Waals surface area contributed by atoms with E-state index in [4.69, 9.17) is 22.6 Å². The third-order valence-corrected chi connectivity index (χ3v) is 3.03. The second-order valence-electron chi connectivity index (χ2n) is 4.33. The highest BCUT2D eigenvalue weighted by Crippen LogP contribution is 2.20. The van der Waals surface area contributed by atoms with Crippen LogP contribution in [0.25, 0.3) is 0 Å². The molecule has 0 aromatic heterocycles. The molecule has 0 saturated heterocycles. The largest absolute Gasteiger partial charge is 0.398 e. The lowest BCUT2D eigenvalue weighted by atomic mass is 10.1. The van der Waals surface area contributed by atoms with Crippen LogP contribution in [0.1, 0.15) is 25.8 Å². The van der Waals surface area contributed by atoms with E-state index in [1.807, 2.05) is 18.2 Å². The zero-order chi connectivity index (χ0) is 12.8. The first-order valence-corrected chi connectivity index (χ1v) is 6.07. The molecule has 0 saturated carbocycles. The average Bonchev–Trinajstić information content (AvgIpc) is 2.28. The number of nitrogen functional groups attached to an aromatic ring is 1. The summed E-state index contributed by atoms with van der Waals surface area (Å²) in [6.45, 7) is 5.81. The van der Waals surface area contributed by atoms with Crippen LogP contribution in [0.3, 0.4) is 0 Å². The molecule has 0 spiro atoms. The first-order valence-electron chi connectivity index (χ1n) is 5.69. The van der Waals surface area contributed by atoms with Gasteiger partial charge in [-0.25, -0.2) is 0 Å². The number of nitrogens with two attached hydrogens (primary N) is 1. The maximum Gasteiger partial charge on any atom is 0.0635 e. The minimum atomic E-state index is 0.403. The highest BCUT2D eigenvalue weighted by atomic mass is 35.5. The molecule has 0 aliphatic carbocycles. The third-order valence-electron chi connectivity index (χ3n) is 2.69. The van der Waals surface area contributed by atoms with Gasteiger partial charge in [-0.2, -0.15) is 5.26 Å². The highest BCUT2D eigenvalue weighted by Gasteiger charge is 2.10. The van der Waals surface area contributed by atoms with E-state index in [0.29, 0.717) is 23.2 Å². The van der Waals surface area contributed by atoms with Crippen molar-refractivity contribution < 1.29 is 0 Å². The van der Waals surface area contributed by atoms with Crippen molar-refractivity contribution in [1.82, 2.24) is 4.90 Å². The van der Waals surface area contributed by atoms with Crippen LogP contribution in [-0.4, -0.2) is 17.5 Å². The van der Waals surface area contributed by atoms with Crippen molar-refractivity contribution in [2.45, 2.75) is 32.9 Å². The summed E-state index contributed by atoms with van der Waals surface area (Å²) >= 11 is 5.88. The summed E-state index contributed by atoms with van der Waals surface area (Å²) in [5.41, 5.74) is 7.50. The van der Waals surface area contributed by atoms with E-state index >= 15 is 0 Å². The van der Waals surface area contributed by atoms with Gasteiger partial charge in [-0.3, -0.25) is 4.90 Å². The average molecular weight is 252 g/mol. The smallest absolute Gasteiger partial charge is 0.0635 e. The van der Waals surface area contributed by atoms with E-state index < -0.39 is 0 Å². The Morgan fingerprint density at radius 1 is 1.47 bits per heavy atom. The van der Waals surface area contributed by atoms with Crippen LogP contribution in [0.5, 0.6) is 0 Å². The van der Waals surface area contributed by atoms with Crippen LogP contribution in [0.15, 0.2) is 18.2 Å². The SMILES string of the molecule is CC(C)N(CCC#N)Cc1ccc(Cl)c(N)c1. The van der Waals surface area contributed by atoms with Crippen molar-refractivity contribution >= 4 is 17.3 Å². The Morgan fingerprint density at radius 2 is 2.18 bits per heavy atom. The quantitative estimate of drug-likeness (QED) is 0.819. The van der Waals surface area contributed by atoms with E-state index in [-0.39, 0.29) is 0 Å². The van der Waals surface area contributed by atoms with Gasteiger partial charge in [0, 0.05) is 25.6 Å². The topological polar surface area (TPSA) is 53.0 Å². The molecule has 2 N–H and O–H groups in total. The lowest BCUT2D eigenvalue weighted by Crippen LogP contribution is -2.31. The van der Waals surface area contributed by atoms with Gasteiger partial charge in [0.25, 0.3) is 0 Å². The molecule has 0 heterocycles. The number of halogens is 1. The number of rotatable bonds is 5. The van der Waals surface area contributed by atoms with Gasteiger partial charge in [-0.1, -0.05) is 17.7 Å². The molecule has 1 aromatic rings. The number of hydrogen-bond donors (Lipinski definition) is 1. The Morgan fingerprint density at radius 3 is 2.71 bits per heavy atom. The van der Waals surface area contributed by atoms with Gasteiger partial charge in [0.2, 0.25) is 0 Å². The molecule has 0 atom stereocenters. The zero-order valence-electron chi connectivity index (χ0n) is 10.3. The van der Waals surface area contributed by atoms with E-state index in [1.165, 1.54) is 0 Å². The normalized spacial score (nSPS) is 10.8. The summed E-state index contributed by atoms with van der Waals surface area (Å²) in [4.78, 5) is 2.24. The zero-order valence-corrected chi connectivity index (χ0v) is 11.0. The molecule has 0 fully saturated rings. The van der Waals surface area contributed by atoms with Crippen LogP contribution in [0.2, 0.25) is 5.02 Å². The van der Waals surface area contributed by atoms with Gasteiger partial charge in [0.05, 0.1) is 16.8 Å². The lowest BCUT2D eigenvalue weighted by molar-refractivity contribution is 0.218. The maximum absolute atomic E-state index is 8.63. The van der Waals surface area contributed by atoms with Gasteiger partial charge >= 0.3 is 0 Å². The summed E-state index contributed by atoms with van der Waals surface area (Å²) in [7, 11) is 0. The number of hydrogen-bond acceptors (Lipinski definition) is 3. The number of nitrogens with zero attached hydrogens (tertiary/aromatic N) is 2. The van der Waals surface area contributed by atoms with Crippen LogP contribution in [0, 0.1) is 11.3 Å². The molecule has 17 heavy (non-hydrogen) atoms. The van der Waals surface area contributed by atoms with Crippen molar-refractivity contribution in [3.05, 3.63) is 28.8 Å². The van der Waals surface area contributed by atoms with E-state index in [0.717, 1.165) is 18.7 Å². The predicted octanol–water partition coefficient (Wildman–Crippen LogP) is 3.05. The second-order valence-corrected chi connectivity index (χ2v) is 4.74. The summed E-state index contributed by atoms with van der Waals surface area (Å²) < 4.78 is 0. The van der Waals surface area contributed by atoms with Gasteiger partial charge in [0.1, 0.15) is 0 Å². The fraction of sp³-hybridized carbons (Fsp3) is 0.462. The third kappa shape index (κ3) is 4.26. The van der Waals surface area contributed by atoms with Crippen LogP contribution >= 0.6 is 11.6 Å². The minimum absolute atomic E-state index is 0.403. The van der Waals surface area contributed by atoms with E-state index in [1.54, 1.807) is 0 Å². The molecule has 0 radical (unpaired) electrons. The number of nitriles is 1. The van der Waals surface area contributed by atoms with Gasteiger partial charge < -0.3 is 5.73 Å². The molecule has 3 nitrogen and oxygen atoms in total. The summed E-state index contributed by atoms with van der Waals surface area (Å²) in [5, 5.41) is 9.21.